The molecule has 0 spiro atoms. The van der Waals surface area contributed by atoms with E-state index in [1.54, 1.807) is 24.0 Å². The molecule has 6 nitrogen and oxygen atoms in total. The highest BCUT2D eigenvalue weighted by molar-refractivity contribution is 5.94. The SMILES string of the molecule is C=CO.CC.CNc1ccc(C(=O)N2CCN(C(C)c3ccc(F)c(F)c3F)CC2C)cc1.CO. The van der Waals surface area contributed by atoms with Crippen LogP contribution in [0.5, 0.6) is 0 Å². The fraction of sp³-hybridized carbons (Fsp3) is 0.423. The number of amides is 1. The van der Waals surface area contributed by atoms with E-state index in [0.29, 0.717) is 25.2 Å². The second-order valence-corrected chi connectivity index (χ2v) is 7.29. The first-order valence-corrected chi connectivity index (χ1v) is 11.4. The molecule has 1 saturated heterocycles. The zero-order valence-corrected chi connectivity index (χ0v) is 21.4. The zero-order valence-electron chi connectivity index (χ0n) is 21.4. The number of hydrogen-bond donors (Lipinski definition) is 3. The van der Waals surface area contributed by atoms with E-state index >= 15 is 0 Å². The van der Waals surface area contributed by atoms with E-state index in [2.05, 4.69) is 11.9 Å². The molecule has 1 amide bonds. The number of nitrogens with one attached hydrogen (secondary N) is 1. The van der Waals surface area contributed by atoms with E-state index in [1.165, 1.54) is 6.07 Å². The molecule has 3 N–H and O–H groups in total. The third-order valence-electron chi connectivity index (χ3n) is 5.40. The van der Waals surface area contributed by atoms with E-state index in [-0.39, 0.29) is 17.5 Å². The zero-order chi connectivity index (χ0) is 27.1. The Hall–Kier alpha value is -3.04. The minimum atomic E-state index is -1.45. The van der Waals surface area contributed by atoms with Gasteiger partial charge in [0.05, 0.1) is 6.26 Å². The van der Waals surface area contributed by atoms with Crippen molar-refractivity contribution in [2.45, 2.75) is 39.8 Å². The lowest BCUT2D eigenvalue weighted by Gasteiger charge is -2.42. The Morgan fingerprint density at radius 1 is 1.09 bits per heavy atom. The Morgan fingerprint density at radius 2 is 1.63 bits per heavy atom. The number of rotatable bonds is 4. The van der Waals surface area contributed by atoms with Gasteiger partial charge in [0.2, 0.25) is 0 Å². The van der Waals surface area contributed by atoms with Crippen molar-refractivity contribution >= 4 is 11.6 Å². The topological polar surface area (TPSA) is 76.0 Å². The lowest BCUT2D eigenvalue weighted by atomic mass is 10.0. The first kappa shape index (κ1) is 32.0. The molecule has 9 heteroatoms. The summed E-state index contributed by atoms with van der Waals surface area (Å²) in [6, 6.07) is 8.97. The van der Waals surface area contributed by atoms with Crippen molar-refractivity contribution in [1.82, 2.24) is 9.80 Å². The average molecular weight is 498 g/mol. The van der Waals surface area contributed by atoms with Gasteiger partial charge in [0.15, 0.2) is 17.5 Å². The summed E-state index contributed by atoms with van der Waals surface area (Å²) in [5, 5.41) is 17.3. The maximum absolute atomic E-state index is 14.1. The molecule has 1 aliphatic rings. The number of halogens is 3. The van der Waals surface area contributed by atoms with Gasteiger partial charge in [-0.1, -0.05) is 26.5 Å². The fourth-order valence-corrected chi connectivity index (χ4v) is 3.64. The largest absolute Gasteiger partial charge is 0.516 e. The number of piperazine rings is 1. The van der Waals surface area contributed by atoms with Crippen molar-refractivity contribution in [3.05, 3.63) is 77.8 Å². The molecule has 2 aromatic rings. The summed E-state index contributed by atoms with van der Waals surface area (Å²) in [5.74, 6) is -3.84. The molecule has 1 heterocycles. The molecule has 2 atom stereocenters. The third kappa shape index (κ3) is 8.60. The number of carbonyl (C=O) groups is 1. The molecule has 0 aromatic heterocycles. The minimum Gasteiger partial charge on any atom is -0.516 e. The Labute approximate surface area is 206 Å². The van der Waals surface area contributed by atoms with Gasteiger partial charge in [0.25, 0.3) is 5.91 Å². The number of benzene rings is 2. The van der Waals surface area contributed by atoms with Gasteiger partial charge in [-0.05, 0) is 44.2 Å². The Balaban J connectivity index is 0.00000150. The molecule has 2 aromatic carbocycles. The lowest BCUT2D eigenvalue weighted by molar-refractivity contribution is 0.0401. The van der Waals surface area contributed by atoms with E-state index in [9.17, 15) is 18.0 Å². The number of nitrogens with zero attached hydrogens (tertiary/aromatic N) is 2. The summed E-state index contributed by atoms with van der Waals surface area (Å²) >= 11 is 0. The lowest BCUT2D eigenvalue weighted by Crippen LogP contribution is -2.54. The van der Waals surface area contributed by atoms with Crippen molar-refractivity contribution in [2.75, 3.05) is 39.1 Å². The average Bonchev–Trinajstić information content (AvgIpc) is 2.89. The molecule has 0 radical (unpaired) electrons. The Bertz CT molecular complexity index is 911. The van der Waals surface area contributed by atoms with Crippen LogP contribution >= 0.6 is 0 Å². The Kier molecular flexibility index (Phi) is 15.1. The van der Waals surface area contributed by atoms with Gasteiger partial charge in [-0.2, -0.15) is 0 Å². The van der Waals surface area contributed by atoms with Crippen molar-refractivity contribution < 1.29 is 28.2 Å². The monoisotopic (exact) mass is 497 g/mol. The highest BCUT2D eigenvalue weighted by atomic mass is 19.2. The van der Waals surface area contributed by atoms with Crippen LogP contribution in [0.25, 0.3) is 0 Å². The van der Waals surface area contributed by atoms with Crippen molar-refractivity contribution in [2.24, 2.45) is 0 Å². The molecular formula is C26H38F3N3O3. The van der Waals surface area contributed by atoms with Gasteiger partial charge in [-0.25, -0.2) is 13.2 Å². The van der Waals surface area contributed by atoms with Crippen LogP contribution in [-0.2, 0) is 0 Å². The molecule has 0 aliphatic carbocycles. The molecular weight excluding hydrogens is 459 g/mol. The molecule has 3 rings (SSSR count). The highest BCUT2D eigenvalue weighted by Crippen LogP contribution is 2.28. The van der Waals surface area contributed by atoms with Crippen LogP contribution in [0.3, 0.4) is 0 Å². The summed E-state index contributed by atoms with van der Waals surface area (Å²) in [6.07, 6.45) is 0.750. The van der Waals surface area contributed by atoms with Crippen molar-refractivity contribution in [1.29, 1.82) is 0 Å². The van der Waals surface area contributed by atoms with Gasteiger partial charge in [-0.3, -0.25) is 9.69 Å². The number of aliphatic hydroxyl groups is 2. The molecule has 1 aliphatic heterocycles. The third-order valence-corrected chi connectivity index (χ3v) is 5.40. The van der Waals surface area contributed by atoms with Gasteiger partial charge in [0, 0.05) is 62.7 Å². The molecule has 0 saturated carbocycles. The van der Waals surface area contributed by atoms with E-state index in [4.69, 9.17) is 10.2 Å². The summed E-state index contributed by atoms with van der Waals surface area (Å²) in [6.45, 7) is 12.1. The van der Waals surface area contributed by atoms with Crippen LogP contribution in [0, 0.1) is 17.5 Å². The van der Waals surface area contributed by atoms with Gasteiger partial charge >= 0.3 is 0 Å². The molecule has 1 fully saturated rings. The highest BCUT2D eigenvalue weighted by Gasteiger charge is 2.32. The van der Waals surface area contributed by atoms with Gasteiger partial charge in [0.1, 0.15) is 0 Å². The molecule has 35 heavy (non-hydrogen) atoms. The van der Waals surface area contributed by atoms with Crippen LogP contribution in [0.4, 0.5) is 18.9 Å². The van der Waals surface area contributed by atoms with E-state index in [1.807, 2.05) is 44.9 Å². The quantitative estimate of drug-likeness (QED) is 0.391. The van der Waals surface area contributed by atoms with Gasteiger partial charge in [-0.15, -0.1) is 0 Å². The number of carbonyl (C=O) groups excluding carboxylic acids is 1. The van der Waals surface area contributed by atoms with Crippen LogP contribution < -0.4 is 5.32 Å². The second-order valence-electron chi connectivity index (χ2n) is 7.29. The van der Waals surface area contributed by atoms with E-state index in [0.717, 1.165) is 25.1 Å². The smallest absolute Gasteiger partial charge is 0.254 e. The maximum atomic E-state index is 14.1. The van der Waals surface area contributed by atoms with Crippen LogP contribution in [-0.4, -0.2) is 65.8 Å². The van der Waals surface area contributed by atoms with Gasteiger partial charge < -0.3 is 20.4 Å². The number of anilines is 1. The fourth-order valence-electron chi connectivity index (χ4n) is 3.64. The van der Waals surface area contributed by atoms with Crippen LogP contribution in [0.15, 0.2) is 49.2 Å². The maximum Gasteiger partial charge on any atom is 0.254 e. The van der Waals surface area contributed by atoms with Crippen LogP contribution in [0.1, 0.15) is 49.7 Å². The summed E-state index contributed by atoms with van der Waals surface area (Å²) in [4.78, 5) is 16.6. The predicted molar refractivity (Wildman–Crippen MR) is 135 cm³/mol. The predicted octanol–water partition coefficient (Wildman–Crippen LogP) is 5.38. The summed E-state index contributed by atoms with van der Waals surface area (Å²) < 4.78 is 40.9. The second kappa shape index (κ2) is 16.6. The normalized spacial score (nSPS) is 15.7. The standard InChI is InChI=1S/C21H24F3N3O.C2H4O.C2H6.CH4O/c1-13-12-26(14(2)17-8-9-18(22)20(24)19(17)23)10-11-27(13)21(28)15-4-6-16(25-3)7-5-15;1-2-3;2*1-2/h4-9,13-14,25H,10-12H2,1-3H3;2-3H,1H2;1-2H3;2H,1H3. The summed E-state index contributed by atoms with van der Waals surface area (Å²) in [5.41, 5.74) is 1.66. The number of hydrogen-bond acceptors (Lipinski definition) is 5. The first-order valence-electron chi connectivity index (χ1n) is 11.4. The molecule has 196 valence electrons. The van der Waals surface area contributed by atoms with Crippen molar-refractivity contribution in [3.8, 4) is 0 Å². The minimum absolute atomic E-state index is 0.0542. The Morgan fingerprint density at radius 3 is 2.11 bits per heavy atom. The van der Waals surface area contributed by atoms with Crippen LogP contribution in [0.2, 0.25) is 0 Å². The molecule has 2 unspecified atom stereocenters. The first-order chi connectivity index (χ1) is 16.7. The van der Waals surface area contributed by atoms with E-state index < -0.39 is 23.5 Å². The molecule has 0 bridgehead atoms. The number of aliphatic hydroxyl groups excluding tert-OH is 2. The summed E-state index contributed by atoms with van der Waals surface area (Å²) in [7, 11) is 2.81. The van der Waals surface area contributed by atoms with Crippen molar-refractivity contribution in [3.63, 3.8) is 0 Å².